The lowest BCUT2D eigenvalue weighted by Gasteiger charge is -2.17. The summed E-state index contributed by atoms with van der Waals surface area (Å²) in [6.45, 7) is 0. The molecule has 172 valence electrons. The van der Waals surface area contributed by atoms with Gasteiger partial charge in [-0.25, -0.2) is 4.90 Å². The Kier molecular flexibility index (Phi) is 5.24. The molecule has 5 rings (SSSR count). The molecule has 2 aromatic rings. The SMILES string of the molecule is COc1cc([N+](=O)[O-])ccc1NC(=O)/C=C/c1cccc(N2C(=O)C3C4C=CC(C4)C3C2=O)c1. The number of non-ortho nitro benzene ring substituents is 1. The second-order valence-electron chi connectivity index (χ2n) is 8.57. The van der Waals surface area contributed by atoms with Crippen LogP contribution in [0.4, 0.5) is 17.1 Å². The molecule has 4 unspecified atom stereocenters. The zero-order valence-corrected chi connectivity index (χ0v) is 18.2. The van der Waals surface area contributed by atoms with E-state index < -0.39 is 10.8 Å². The van der Waals surface area contributed by atoms with Crippen LogP contribution in [0, 0.1) is 33.8 Å². The number of benzene rings is 2. The molecular formula is C25H21N3O6. The molecule has 1 heterocycles. The second kappa shape index (κ2) is 8.26. The smallest absolute Gasteiger partial charge is 0.273 e. The Bertz CT molecular complexity index is 1250. The molecule has 1 saturated carbocycles. The van der Waals surface area contributed by atoms with Gasteiger partial charge in [0.05, 0.1) is 41.3 Å². The minimum atomic E-state index is -0.550. The van der Waals surface area contributed by atoms with Gasteiger partial charge in [0.25, 0.3) is 5.69 Å². The molecule has 1 saturated heterocycles. The molecule has 2 bridgehead atoms. The summed E-state index contributed by atoms with van der Waals surface area (Å²) in [4.78, 5) is 50.1. The number of hydrogen-bond donors (Lipinski definition) is 1. The molecule has 3 amide bonds. The molecule has 1 aliphatic heterocycles. The molecule has 34 heavy (non-hydrogen) atoms. The van der Waals surface area contributed by atoms with E-state index in [2.05, 4.69) is 17.5 Å². The van der Waals surface area contributed by atoms with Crippen LogP contribution in [0.2, 0.25) is 0 Å². The van der Waals surface area contributed by atoms with Crippen molar-refractivity contribution in [3.63, 3.8) is 0 Å². The van der Waals surface area contributed by atoms with Crippen LogP contribution in [0.3, 0.4) is 0 Å². The average Bonchev–Trinajstić information content (AvgIpc) is 3.51. The van der Waals surface area contributed by atoms with E-state index in [1.54, 1.807) is 30.3 Å². The molecule has 3 aliphatic rings. The topological polar surface area (TPSA) is 119 Å². The maximum atomic E-state index is 13.0. The van der Waals surface area contributed by atoms with Crippen molar-refractivity contribution in [2.45, 2.75) is 6.42 Å². The van der Waals surface area contributed by atoms with Crippen molar-refractivity contribution < 1.29 is 24.0 Å². The Morgan fingerprint density at radius 1 is 1.12 bits per heavy atom. The third-order valence-electron chi connectivity index (χ3n) is 6.68. The van der Waals surface area contributed by atoms with Gasteiger partial charge in [0.15, 0.2) is 0 Å². The first-order chi connectivity index (χ1) is 16.4. The van der Waals surface area contributed by atoms with Crippen LogP contribution < -0.4 is 15.0 Å². The highest BCUT2D eigenvalue weighted by molar-refractivity contribution is 6.23. The summed E-state index contributed by atoms with van der Waals surface area (Å²) in [5.74, 6) is -0.888. The van der Waals surface area contributed by atoms with Crippen molar-refractivity contribution >= 4 is 40.9 Å². The van der Waals surface area contributed by atoms with Crippen molar-refractivity contribution in [1.29, 1.82) is 0 Å². The summed E-state index contributed by atoms with van der Waals surface area (Å²) in [5.41, 5.74) is 1.27. The maximum Gasteiger partial charge on any atom is 0.273 e. The van der Waals surface area contributed by atoms with Gasteiger partial charge in [0.1, 0.15) is 5.75 Å². The number of imide groups is 1. The first-order valence-electron chi connectivity index (χ1n) is 10.8. The Balaban J connectivity index is 1.31. The van der Waals surface area contributed by atoms with E-state index in [0.717, 1.165) is 6.42 Å². The Hall–Kier alpha value is -4.27. The van der Waals surface area contributed by atoms with Gasteiger partial charge in [-0.15, -0.1) is 0 Å². The minimum Gasteiger partial charge on any atom is -0.494 e. The summed E-state index contributed by atoms with van der Waals surface area (Å²) in [7, 11) is 1.35. The number of methoxy groups -OCH3 is 1. The number of hydrogen-bond acceptors (Lipinski definition) is 6. The quantitative estimate of drug-likeness (QED) is 0.232. The fourth-order valence-electron chi connectivity index (χ4n) is 5.17. The zero-order chi connectivity index (χ0) is 24.0. The van der Waals surface area contributed by atoms with Crippen molar-refractivity contribution in [3.8, 4) is 5.75 Å². The van der Waals surface area contributed by atoms with Crippen molar-refractivity contribution in [2.75, 3.05) is 17.3 Å². The molecule has 0 spiro atoms. The number of amides is 3. The van der Waals surface area contributed by atoms with Crippen molar-refractivity contribution in [3.05, 3.63) is 76.4 Å². The van der Waals surface area contributed by atoms with E-state index in [1.165, 1.54) is 36.3 Å². The fourth-order valence-corrected chi connectivity index (χ4v) is 5.17. The Morgan fingerprint density at radius 2 is 1.82 bits per heavy atom. The molecule has 0 radical (unpaired) electrons. The highest BCUT2D eigenvalue weighted by atomic mass is 16.6. The van der Waals surface area contributed by atoms with Gasteiger partial charge in [0.2, 0.25) is 17.7 Å². The van der Waals surface area contributed by atoms with E-state index in [0.29, 0.717) is 16.9 Å². The van der Waals surface area contributed by atoms with Gasteiger partial charge in [-0.3, -0.25) is 24.5 Å². The molecule has 2 aliphatic carbocycles. The monoisotopic (exact) mass is 459 g/mol. The van der Waals surface area contributed by atoms with Crippen LogP contribution in [-0.4, -0.2) is 29.8 Å². The molecule has 9 heteroatoms. The summed E-state index contributed by atoms with van der Waals surface area (Å²) < 4.78 is 5.13. The summed E-state index contributed by atoms with van der Waals surface area (Å²) in [6.07, 6.45) is 7.84. The van der Waals surface area contributed by atoms with Crippen molar-refractivity contribution in [2.24, 2.45) is 23.7 Å². The summed E-state index contributed by atoms with van der Waals surface area (Å²) >= 11 is 0. The molecular weight excluding hydrogens is 438 g/mol. The number of carbonyl (C=O) groups excluding carboxylic acids is 3. The first kappa shape index (κ1) is 21.6. The fraction of sp³-hybridized carbons (Fsp3) is 0.240. The molecule has 1 N–H and O–H groups in total. The van der Waals surface area contributed by atoms with E-state index in [1.807, 2.05) is 0 Å². The van der Waals surface area contributed by atoms with Crippen LogP contribution in [0.15, 0.2) is 60.7 Å². The Morgan fingerprint density at radius 3 is 2.47 bits per heavy atom. The van der Waals surface area contributed by atoms with Gasteiger partial charge in [-0.05, 0) is 48.1 Å². The predicted molar refractivity (Wildman–Crippen MR) is 124 cm³/mol. The average molecular weight is 459 g/mol. The van der Waals surface area contributed by atoms with Gasteiger partial charge in [-0.2, -0.15) is 0 Å². The number of ether oxygens (including phenoxy) is 1. The van der Waals surface area contributed by atoms with E-state index in [9.17, 15) is 24.5 Å². The summed E-state index contributed by atoms with van der Waals surface area (Å²) in [6, 6.07) is 10.8. The zero-order valence-electron chi connectivity index (χ0n) is 18.2. The molecule has 9 nitrogen and oxygen atoms in total. The molecule has 4 atom stereocenters. The number of rotatable bonds is 6. The number of nitrogens with one attached hydrogen (secondary N) is 1. The number of nitro benzene ring substituents is 1. The highest BCUT2D eigenvalue weighted by Gasteiger charge is 2.59. The lowest BCUT2D eigenvalue weighted by Crippen LogP contribution is -2.32. The highest BCUT2D eigenvalue weighted by Crippen LogP contribution is 2.53. The second-order valence-corrected chi connectivity index (χ2v) is 8.57. The lowest BCUT2D eigenvalue weighted by molar-refractivity contribution is -0.384. The third-order valence-corrected chi connectivity index (χ3v) is 6.68. The Labute approximate surface area is 194 Å². The van der Waals surface area contributed by atoms with Crippen LogP contribution in [-0.2, 0) is 14.4 Å². The van der Waals surface area contributed by atoms with E-state index >= 15 is 0 Å². The van der Waals surface area contributed by atoms with Crippen molar-refractivity contribution in [1.82, 2.24) is 0 Å². The van der Waals surface area contributed by atoms with Crippen LogP contribution in [0.25, 0.3) is 6.08 Å². The van der Waals surface area contributed by atoms with E-state index in [4.69, 9.17) is 4.74 Å². The lowest BCUT2D eigenvalue weighted by atomic mass is 9.85. The molecule has 2 aromatic carbocycles. The van der Waals surface area contributed by atoms with Crippen LogP contribution >= 0.6 is 0 Å². The number of fused-ring (bicyclic) bond motifs is 5. The van der Waals surface area contributed by atoms with Gasteiger partial charge < -0.3 is 10.1 Å². The van der Waals surface area contributed by atoms with Gasteiger partial charge in [0, 0.05) is 12.1 Å². The number of allylic oxidation sites excluding steroid dienone is 2. The number of nitrogens with zero attached hydrogens (tertiary/aromatic N) is 2. The first-order valence-corrected chi connectivity index (χ1v) is 10.8. The van der Waals surface area contributed by atoms with Gasteiger partial charge >= 0.3 is 0 Å². The standard InChI is InChI=1S/C25H21N3O6/c1-34-20-13-18(28(32)33)8-9-19(20)26-21(29)10-5-14-3-2-4-17(11-14)27-24(30)22-15-6-7-16(12-15)23(22)25(27)31/h2-11,13,15-16,22-23H,12H2,1H3,(H,26,29)/b10-5+. The predicted octanol–water partition coefficient (Wildman–Crippen LogP) is 3.57. The maximum absolute atomic E-state index is 13.0. The van der Waals surface area contributed by atoms with Crippen LogP contribution in [0.1, 0.15) is 12.0 Å². The summed E-state index contributed by atoms with van der Waals surface area (Å²) in [5, 5.41) is 13.5. The normalized spacial score (nSPS) is 24.7. The largest absolute Gasteiger partial charge is 0.494 e. The third kappa shape index (κ3) is 3.55. The minimum absolute atomic E-state index is 0.139. The number of anilines is 2. The van der Waals surface area contributed by atoms with Crippen LogP contribution in [0.5, 0.6) is 5.75 Å². The molecule has 2 fully saturated rings. The number of nitro groups is 1. The van der Waals surface area contributed by atoms with E-state index in [-0.39, 0.29) is 46.9 Å². The molecule has 0 aromatic heterocycles. The number of carbonyl (C=O) groups is 3. The van der Waals surface area contributed by atoms with Gasteiger partial charge in [-0.1, -0.05) is 24.3 Å².